The van der Waals surface area contributed by atoms with Gasteiger partial charge in [-0.1, -0.05) is 31.0 Å². The van der Waals surface area contributed by atoms with Crippen molar-refractivity contribution < 1.29 is 4.79 Å². The van der Waals surface area contributed by atoms with Crippen LogP contribution in [-0.2, 0) is 0 Å². The van der Waals surface area contributed by atoms with Gasteiger partial charge in [0.05, 0.1) is 11.2 Å². The highest BCUT2D eigenvalue weighted by atomic mass is 35.5. The van der Waals surface area contributed by atoms with Crippen LogP contribution in [0.2, 0.25) is 5.02 Å². The van der Waals surface area contributed by atoms with Crippen LogP contribution < -0.4 is 0 Å². The van der Waals surface area contributed by atoms with E-state index in [2.05, 4.69) is 5.10 Å². The molecular weight excluding hydrogens is 236 g/mol. The molecule has 0 saturated carbocycles. The molecule has 0 aliphatic rings. The van der Waals surface area contributed by atoms with E-state index in [4.69, 9.17) is 11.6 Å². The Morgan fingerprint density at radius 1 is 1.47 bits per heavy atom. The maximum Gasteiger partial charge on any atom is 0.205 e. The zero-order chi connectivity index (χ0) is 13.0. The van der Waals surface area contributed by atoms with Crippen molar-refractivity contribution in [2.45, 2.75) is 46.6 Å². The molecule has 1 rings (SSSR count). The van der Waals surface area contributed by atoms with E-state index in [9.17, 15) is 4.79 Å². The summed E-state index contributed by atoms with van der Waals surface area (Å²) in [5.74, 6) is -0.0556. The van der Waals surface area contributed by atoms with Crippen LogP contribution in [0.25, 0.3) is 0 Å². The standard InChI is InChI=1S/C13H19ClN2O/c1-5-10(6-2)7-12(17)13-11(14)8-15-16(13)9(3)4/h7-9H,5-6H2,1-4H3. The van der Waals surface area contributed by atoms with Crippen LogP contribution in [0.15, 0.2) is 17.8 Å². The van der Waals surface area contributed by atoms with Crippen LogP contribution in [0, 0.1) is 0 Å². The van der Waals surface area contributed by atoms with Crippen molar-refractivity contribution in [1.29, 1.82) is 0 Å². The topological polar surface area (TPSA) is 34.9 Å². The van der Waals surface area contributed by atoms with Gasteiger partial charge >= 0.3 is 0 Å². The van der Waals surface area contributed by atoms with Crippen LogP contribution in [0.5, 0.6) is 0 Å². The summed E-state index contributed by atoms with van der Waals surface area (Å²) in [5.41, 5.74) is 1.61. The molecule has 17 heavy (non-hydrogen) atoms. The van der Waals surface area contributed by atoms with Gasteiger partial charge in [0.2, 0.25) is 5.78 Å². The molecule has 1 aromatic rings. The molecule has 0 aromatic carbocycles. The molecule has 0 aliphatic carbocycles. The molecule has 0 atom stereocenters. The van der Waals surface area contributed by atoms with Crippen molar-refractivity contribution in [1.82, 2.24) is 9.78 Å². The summed E-state index contributed by atoms with van der Waals surface area (Å²) in [5, 5.41) is 4.55. The summed E-state index contributed by atoms with van der Waals surface area (Å²) >= 11 is 6.02. The minimum atomic E-state index is -0.0556. The van der Waals surface area contributed by atoms with Crippen LogP contribution in [0.1, 0.15) is 57.1 Å². The van der Waals surface area contributed by atoms with Gasteiger partial charge in [0.1, 0.15) is 5.69 Å². The van der Waals surface area contributed by atoms with Crippen LogP contribution in [0.4, 0.5) is 0 Å². The Balaban J connectivity index is 3.12. The maximum atomic E-state index is 12.2. The molecule has 0 N–H and O–H groups in total. The van der Waals surface area contributed by atoms with Gasteiger partial charge in [-0.15, -0.1) is 0 Å². The molecule has 0 fully saturated rings. The lowest BCUT2D eigenvalue weighted by Crippen LogP contribution is -2.12. The molecule has 0 bridgehead atoms. The number of aromatic nitrogens is 2. The smallest absolute Gasteiger partial charge is 0.205 e. The number of carbonyl (C=O) groups is 1. The van der Waals surface area contributed by atoms with E-state index in [0.717, 1.165) is 18.4 Å². The van der Waals surface area contributed by atoms with Crippen molar-refractivity contribution in [2.75, 3.05) is 0 Å². The van der Waals surface area contributed by atoms with Gasteiger partial charge in [-0.3, -0.25) is 9.48 Å². The third-order valence-electron chi connectivity index (χ3n) is 2.72. The summed E-state index contributed by atoms with van der Waals surface area (Å²) in [7, 11) is 0. The molecule has 1 aromatic heterocycles. The summed E-state index contributed by atoms with van der Waals surface area (Å²) in [6, 6.07) is 0.126. The largest absolute Gasteiger partial charge is 0.287 e. The van der Waals surface area contributed by atoms with E-state index in [1.165, 1.54) is 6.20 Å². The molecule has 0 spiro atoms. The predicted molar refractivity (Wildman–Crippen MR) is 70.6 cm³/mol. The number of hydrogen-bond donors (Lipinski definition) is 0. The first kappa shape index (κ1) is 14.0. The molecular formula is C13H19ClN2O. The zero-order valence-corrected chi connectivity index (χ0v) is 11.6. The number of carbonyl (C=O) groups excluding carboxylic acids is 1. The van der Waals surface area contributed by atoms with E-state index in [1.807, 2.05) is 27.7 Å². The Kier molecular flexibility index (Phi) is 4.94. The minimum Gasteiger partial charge on any atom is -0.287 e. The Labute approximate surface area is 107 Å². The first-order valence-electron chi connectivity index (χ1n) is 5.98. The molecule has 0 radical (unpaired) electrons. The fourth-order valence-corrected chi connectivity index (χ4v) is 1.89. The number of hydrogen-bond acceptors (Lipinski definition) is 2. The Bertz CT molecular complexity index is 427. The second kappa shape index (κ2) is 6.01. The lowest BCUT2D eigenvalue weighted by Gasteiger charge is -2.09. The third kappa shape index (κ3) is 3.19. The van der Waals surface area contributed by atoms with E-state index < -0.39 is 0 Å². The fraction of sp³-hybridized carbons (Fsp3) is 0.538. The quantitative estimate of drug-likeness (QED) is 0.587. The van der Waals surface area contributed by atoms with E-state index in [1.54, 1.807) is 10.8 Å². The maximum absolute atomic E-state index is 12.2. The summed E-state index contributed by atoms with van der Waals surface area (Å²) in [6.45, 7) is 8.04. The van der Waals surface area contributed by atoms with Crippen molar-refractivity contribution in [3.63, 3.8) is 0 Å². The number of ketones is 1. The number of nitrogens with zero attached hydrogens (tertiary/aromatic N) is 2. The molecule has 0 saturated heterocycles. The lowest BCUT2D eigenvalue weighted by molar-refractivity contribution is 0.103. The van der Waals surface area contributed by atoms with Crippen molar-refractivity contribution in [3.05, 3.63) is 28.6 Å². The first-order chi connectivity index (χ1) is 8.01. The Morgan fingerprint density at radius 3 is 2.53 bits per heavy atom. The predicted octanol–water partition coefficient (Wildman–Crippen LogP) is 4.05. The third-order valence-corrected chi connectivity index (χ3v) is 2.99. The minimum absolute atomic E-state index is 0.0556. The average molecular weight is 255 g/mol. The molecule has 0 amide bonds. The van der Waals surface area contributed by atoms with E-state index in [0.29, 0.717) is 10.7 Å². The van der Waals surface area contributed by atoms with Gasteiger partial charge in [-0.2, -0.15) is 5.10 Å². The fourth-order valence-electron chi connectivity index (χ4n) is 1.67. The van der Waals surface area contributed by atoms with Gasteiger partial charge < -0.3 is 0 Å². The van der Waals surface area contributed by atoms with Gasteiger partial charge in [0.15, 0.2) is 0 Å². The monoisotopic (exact) mass is 254 g/mol. The highest BCUT2D eigenvalue weighted by Gasteiger charge is 2.17. The summed E-state index contributed by atoms with van der Waals surface area (Å²) in [4.78, 5) is 12.2. The SMILES string of the molecule is CCC(=CC(=O)c1c(Cl)cnn1C(C)C)CC. The highest BCUT2D eigenvalue weighted by molar-refractivity contribution is 6.34. The Morgan fingerprint density at radius 2 is 2.06 bits per heavy atom. The normalized spacial score (nSPS) is 10.7. The molecule has 94 valence electrons. The van der Waals surface area contributed by atoms with Crippen molar-refractivity contribution in [3.8, 4) is 0 Å². The second-order valence-corrected chi connectivity index (χ2v) is 4.66. The Hall–Kier alpha value is -1.09. The number of rotatable bonds is 5. The molecule has 3 nitrogen and oxygen atoms in total. The van der Waals surface area contributed by atoms with Gasteiger partial charge in [-0.05, 0) is 32.8 Å². The van der Waals surface area contributed by atoms with E-state index >= 15 is 0 Å². The van der Waals surface area contributed by atoms with Gasteiger partial charge in [-0.25, -0.2) is 0 Å². The van der Waals surface area contributed by atoms with Crippen LogP contribution in [0.3, 0.4) is 0 Å². The molecule has 1 heterocycles. The number of allylic oxidation sites excluding steroid dienone is 2. The van der Waals surface area contributed by atoms with Gasteiger partial charge in [0.25, 0.3) is 0 Å². The van der Waals surface area contributed by atoms with Crippen LogP contribution in [-0.4, -0.2) is 15.6 Å². The zero-order valence-electron chi connectivity index (χ0n) is 10.8. The second-order valence-electron chi connectivity index (χ2n) is 4.25. The molecule has 0 unspecified atom stereocenters. The molecule has 0 aliphatic heterocycles. The van der Waals surface area contributed by atoms with Crippen molar-refractivity contribution >= 4 is 17.4 Å². The van der Waals surface area contributed by atoms with Gasteiger partial charge in [0, 0.05) is 6.04 Å². The molecule has 4 heteroatoms. The highest BCUT2D eigenvalue weighted by Crippen LogP contribution is 2.21. The first-order valence-corrected chi connectivity index (χ1v) is 6.35. The summed E-state index contributed by atoms with van der Waals surface area (Å²) < 4.78 is 1.67. The average Bonchev–Trinajstić information content (AvgIpc) is 2.67. The van der Waals surface area contributed by atoms with Crippen LogP contribution >= 0.6 is 11.6 Å². The lowest BCUT2D eigenvalue weighted by atomic mass is 10.1. The number of halogens is 1. The van der Waals surface area contributed by atoms with E-state index in [-0.39, 0.29) is 11.8 Å². The van der Waals surface area contributed by atoms with Crippen molar-refractivity contribution in [2.24, 2.45) is 0 Å². The summed E-state index contributed by atoms with van der Waals surface area (Å²) in [6.07, 6.45) is 4.98.